The van der Waals surface area contributed by atoms with Crippen molar-refractivity contribution in [3.05, 3.63) is 47.5 Å². The summed E-state index contributed by atoms with van der Waals surface area (Å²) in [5.41, 5.74) is 22.4. The van der Waals surface area contributed by atoms with Crippen LogP contribution in [0.15, 0.2) is 36.4 Å². The third kappa shape index (κ3) is 3.79. The molecule has 0 radical (unpaired) electrons. The summed E-state index contributed by atoms with van der Waals surface area (Å²) in [4.78, 5) is 20.9. The number of aromatic carboxylic acids is 2. The third-order valence-corrected chi connectivity index (χ3v) is 2.74. The number of hydrogen-bond acceptors (Lipinski definition) is 6. The van der Waals surface area contributed by atoms with E-state index in [0.717, 1.165) is 0 Å². The largest absolute Gasteiger partial charge is 0.478 e. The minimum atomic E-state index is -1.06. The van der Waals surface area contributed by atoms with Gasteiger partial charge in [-0.2, -0.15) is 0 Å². The Bertz CT molecular complexity index is 654. The Hall–Kier alpha value is -3.42. The van der Waals surface area contributed by atoms with Crippen molar-refractivity contribution in [2.24, 2.45) is 0 Å². The van der Waals surface area contributed by atoms with Crippen LogP contribution in [0.3, 0.4) is 0 Å². The normalized spacial score (nSPS) is 9.45. The van der Waals surface area contributed by atoms with Gasteiger partial charge in [0, 0.05) is 0 Å². The van der Waals surface area contributed by atoms with E-state index in [1.807, 2.05) is 0 Å². The number of hydrogen-bond donors (Lipinski definition) is 6. The molecular weight excluding hydrogens is 288 g/mol. The van der Waals surface area contributed by atoms with Gasteiger partial charge in [-0.05, 0) is 24.3 Å². The van der Waals surface area contributed by atoms with Gasteiger partial charge in [-0.25, -0.2) is 9.59 Å². The monoisotopic (exact) mass is 304 g/mol. The molecule has 2 aromatic rings. The lowest BCUT2D eigenvalue weighted by Crippen LogP contribution is -2.04. The predicted molar refractivity (Wildman–Crippen MR) is 84.5 cm³/mol. The van der Waals surface area contributed by atoms with Gasteiger partial charge in [0.25, 0.3) is 0 Å². The van der Waals surface area contributed by atoms with Crippen LogP contribution in [0.25, 0.3) is 0 Å². The van der Waals surface area contributed by atoms with Crippen LogP contribution >= 0.6 is 0 Å². The van der Waals surface area contributed by atoms with Gasteiger partial charge in [0.2, 0.25) is 0 Å². The number of nitrogen functional groups attached to an aromatic ring is 4. The molecule has 0 unspecified atom stereocenters. The smallest absolute Gasteiger partial charge is 0.337 e. The van der Waals surface area contributed by atoms with Crippen molar-refractivity contribution in [1.29, 1.82) is 0 Å². The number of anilines is 4. The molecule has 0 heterocycles. The molecule has 22 heavy (non-hydrogen) atoms. The summed E-state index contributed by atoms with van der Waals surface area (Å²) in [6, 6.07) is 9.04. The summed E-state index contributed by atoms with van der Waals surface area (Å²) in [6.07, 6.45) is 0. The third-order valence-electron chi connectivity index (χ3n) is 2.74. The lowest BCUT2D eigenvalue weighted by Gasteiger charge is -2.01. The predicted octanol–water partition coefficient (Wildman–Crippen LogP) is 1.10. The molecule has 8 nitrogen and oxygen atoms in total. The number of carboxylic acids is 2. The van der Waals surface area contributed by atoms with E-state index in [2.05, 4.69) is 0 Å². The average molecular weight is 304 g/mol. The maximum atomic E-state index is 10.4. The van der Waals surface area contributed by atoms with E-state index in [9.17, 15) is 9.59 Å². The summed E-state index contributed by atoms with van der Waals surface area (Å²) in [6.45, 7) is 0. The Labute approximate surface area is 125 Å². The van der Waals surface area contributed by atoms with Crippen LogP contribution in [0, 0.1) is 0 Å². The first-order chi connectivity index (χ1) is 10.3. The quantitative estimate of drug-likeness (QED) is 0.446. The van der Waals surface area contributed by atoms with E-state index in [4.69, 9.17) is 33.1 Å². The van der Waals surface area contributed by atoms with E-state index in [1.54, 1.807) is 24.3 Å². The lowest BCUT2D eigenvalue weighted by atomic mass is 10.1. The van der Waals surface area contributed by atoms with Crippen molar-refractivity contribution in [1.82, 2.24) is 0 Å². The molecule has 0 bridgehead atoms. The molecule has 0 atom stereocenters. The molecule has 0 aliphatic heterocycles. The Balaban J connectivity index is 0.000000220. The van der Waals surface area contributed by atoms with Crippen molar-refractivity contribution < 1.29 is 19.8 Å². The summed E-state index contributed by atoms with van der Waals surface area (Å²) >= 11 is 0. The van der Waals surface area contributed by atoms with E-state index in [1.165, 1.54) is 12.1 Å². The SMILES string of the molecule is Nc1cccc(C(=O)O)c1N.Nc1cccc(C(=O)O)c1N. The molecule has 0 spiro atoms. The highest BCUT2D eigenvalue weighted by atomic mass is 16.4. The topological polar surface area (TPSA) is 179 Å². The van der Waals surface area contributed by atoms with Crippen LogP contribution < -0.4 is 22.9 Å². The second-order valence-electron chi connectivity index (χ2n) is 4.23. The second kappa shape index (κ2) is 6.84. The van der Waals surface area contributed by atoms with Crippen LogP contribution in [0.4, 0.5) is 22.7 Å². The molecular formula is C14H16N4O4. The zero-order valence-electron chi connectivity index (χ0n) is 11.5. The van der Waals surface area contributed by atoms with Gasteiger partial charge in [0.15, 0.2) is 0 Å². The first kappa shape index (κ1) is 16.6. The van der Waals surface area contributed by atoms with Crippen molar-refractivity contribution >= 4 is 34.7 Å². The molecule has 0 aliphatic rings. The summed E-state index contributed by atoms with van der Waals surface area (Å²) < 4.78 is 0. The molecule has 0 amide bonds. The van der Waals surface area contributed by atoms with Crippen molar-refractivity contribution in [3.8, 4) is 0 Å². The molecule has 0 saturated heterocycles. The molecule has 116 valence electrons. The van der Waals surface area contributed by atoms with Crippen molar-refractivity contribution in [3.63, 3.8) is 0 Å². The average Bonchev–Trinajstić information content (AvgIpc) is 2.45. The van der Waals surface area contributed by atoms with E-state index in [-0.39, 0.29) is 22.5 Å². The summed E-state index contributed by atoms with van der Waals surface area (Å²) in [5, 5.41) is 17.1. The minimum Gasteiger partial charge on any atom is -0.478 e. The molecule has 2 aromatic carbocycles. The van der Waals surface area contributed by atoms with Gasteiger partial charge in [-0.1, -0.05) is 12.1 Å². The Kier molecular flexibility index (Phi) is 5.17. The highest BCUT2D eigenvalue weighted by Gasteiger charge is 2.08. The molecule has 10 N–H and O–H groups in total. The van der Waals surface area contributed by atoms with Gasteiger partial charge in [0.05, 0.1) is 33.9 Å². The fraction of sp³-hybridized carbons (Fsp3) is 0. The van der Waals surface area contributed by atoms with Gasteiger partial charge in [-0.15, -0.1) is 0 Å². The zero-order chi connectivity index (χ0) is 16.9. The maximum Gasteiger partial charge on any atom is 0.337 e. The van der Waals surface area contributed by atoms with Gasteiger partial charge in [0.1, 0.15) is 0 Å². The first-order valence-electron chi connectivity index (χ1n) is 6.00. The standard InChI is InChI=1S/2C7H8N2O2/c2*8-5-3-1-2-4(6(5)9)7(10)11/h2*1-3H,8-9H2,(H,10,11). The van der Waals surface area contributed by atoms with Crippen LogP contribution in [0.5, 0.6) is 0 Å². The fourth-order valence-electron chi connectivity index (χ4n) is 1.54. The second-order valence-corrected chi connectivity index (χ2v) is 4.23. The highest BCUT2D eigenvalue weighted by molar-refractivity contribution is 5.97. The maximum absolute atomic E-state index is 10.4. The van der Waals surface area contributed by atoms with Gasteiger partial charge in [-0.3, -0.25) is 0 Å². The molecule has 8 heteroatoms. The van der Waals surface area contributed by atoms with Crippen LogP contribution in [0.1, 0.15) is 20.7 Å². The molecule has 2 rings (SSSR count). The summed E-state index contributed by atoms with van der Waals surface area (Å²) in [5.74, 6) is -2.12. The van der Waals surface area contributed by atoms with Crippen LogP contribution in [-0.4, -0.2) is 22.2 Å². The molecule has 0 fully saturated rings. The van der Waals surface area contributed by atoms with E-state index in [0.29, 0.717) is 11.4 Å². The Morgan fingerprint density at radius 1 is 0.682 bits per heavy atom. The van der Waals surface area contributed by atoms with Gasteiger partial charge < -0.3 is 33.1 Å². The molecule has 0 saturated carbocycles. The lowest BCUT2D eigenvalue weighted by molar-refractivity contribution is 0.0687. The fourth-order valence-corrected chi connectivity index (χ4v) is 1.54. The number of benzene rings is 2. The number of carboxylic acid groups (broad SMARTS) is 2. The minimum absolute atomic E-state index is 0.0463. The first-order valence-corrected chi connectivity index (χ1v) is 6.00. The van der Waals surface area contributed by atoms with Crippen LogP contribution in [-0.2, 0) is 0 Å². The van der Waals surface area contributed by atoms with E-state index >= 15 is 0 Å². The zero-order valence-corrected chi connectivity index (χ0v) is 11.5. The van der Waals surface area contributed by atoms with E-state index < -0.39 is 11.9 Å². The number of nitrogens with two attached hydrogens (primary N) is 4. The highest BCUT2D eigenvalue weighted by Crippen LogP contribution is 2.19. The summed E-state index contributed by atoms with van der Waals surface area (Å²) in [7, 11) is 0. The van der Waals surface area contributed by atoms with Crippen molar-refractivity contribution in [2.75, 3.05) is 22.9 Å². The van der Waals surface area contributed by atoms with Crippen molar-refractivity contribution in [2.45, 2.75) is 0 Å². The van der Waals surface area contributed by atoms with Gasteiger partial charge >= 0.3 is 11.9 Å². The molecule has 0 aromatic heterocycles. The number of carbonyl (C=O) groups is 2. The molecule has 0 aliphatic carbocycles. The number of rotatable bonds is 2. The Morgan fingerprint density at radius 2 is 1.00 bits per heavy atom. The van der Waals surface area contributed by atoms with Crippen LogP contribution in [0.2, 0.25) is 0 Å². The number of para-hydroxylation sites is 2. The Morgan fingerprint density at radius 3 is 1.23 bits per heavy atom.